The smallest absolute Gasteiger partial charge is 0.251 e. The fraction of sp³-hybridized carbons (Fsp3) is 0.909. The standard InChI is InChI=1S/C11H23N3O/c1-4-10(12)11(15)13-14-8(2)6-5-7-9(14)3/h8-10H,4-7,12H2,1-3H3,(H,13,15)/t8?,9?,10-/m1/s1. The lowest BCUT2D eigenvalue weighted by molar-refractivity contribution is -0.130. The summed E-state index contributed by atoms with van der Waals surface area (Å²) in [5, 5.41) is 2.06. The molecule has 0 bridgehead atoms. The van der Waals surface area contributed by atoms with E-state index >= 15 is 0 Å². The van der Waals surface area contributed by atoms with Crippen molar-refractivity contribution in [3.8, 4) is 0 Å². The summed E-state index contributed by atoms with van der Waals surface area (Å²) in [4.78, 5) is 11.7. The minimum Gasteiger partial charge on any atom is -0.320 e. The second-order valence-electron chi connectivity index (χ2n) is 4.53. The van der Waals surface area contributed by atoms with Crippen LogP contribution in [0.4, 0.5) is 0 Å². The van der Waals surface area contributed by atoms with Crippen LogP contribution < -0.4 is 11.2 Å². The summed E-state index contributed by atoms with van der Waals surface area (Å²) in [6, 6.07) is 0.454. The normalized spacial score (nSPS) is 29.9. The van der Waals surface area contributed by atoms with Crippen molar-refractivity contribution >= 4 is 5.91 Å². The average Bonchev–Trinajstić information content (AvgIpc) is 2.22. The van der Waals surface area contributed by atoms with E-state index in [0.717, 1.165) is 12.8 Å². The van der Waals surface area contributed by atoms with Crippen LogP contribution in [0.3, 0.4) is 0 Å². The van der Waals surface area contributed by atoms with E-state index in [0.29, 0.717) is 18.5 Å². The van der Waals surface area contributed by atoms with Gasteiger partial charge in [-0.2, -0.15) is 0 Å². The van der Waals surface area contributed by atoms with Crippen molar-refractivity contribution < 1.29 is 4.79 Å². The number of amides is 1. The van der Waals surface area contributed by atoms with Crippen molar-refractivity contribution in [3.05, 3.63) is 0 Å². The maximum atomic E-state index is 11.7. The molecule has 3 N–H and O–H groups in total. The number of carbonyl (C=O) groups is 1. The van der Waals surface area contributed by atoms with Crippen molar-refractivity contribution in [2.24, 2.45) is 5.73 Å². The highest BCUT2D eigenvalue weighted by Crippen LogP contribution is 2.20. The molecule has 0 aromatic heterocycles. The second-order valence-corrected chi connectivity index (χ2v) is 4.53. The molecule has 15 heavy (non-hydrogen) atoms. The maximum absolute atomic E-state index is 11.7. The molecule has 0 radical (unpaired) electrons. The number of hydrazine groups is 1. The van der Waals surface area contributed by atoms with Gasteiger partial charge in [0.1, 0.15) is 0 Å². The number of nitrogens with one attached hydrogen (secondary N) is 1. The van der Waals surface area contributed by atoms with Gasteiger partial charge in [-0.3, -0.25) is 10.2 Å². The van der Waals surface area contributed by atoms with Gasteiger partial charge in [0.05, 0.1) is 6.04 Å². The molecule has 1 fully saturated rings. The summed E-state index contributed by atoms with van der Waals surface area (Å²) in [5.41, 5.74) is 8.62. The van der Waals surface area contributed by atoms with Crippen molar-refractivity contribution in [2.75, 3.05) is 0 Å². The third-order valence-electron chi connectivity index (χ3n) is 3.21. The summed E-state index contributed by atoms with van der Waals surface area (Å²) >= 11 is 0. The Morgan fingerprint density at radius 2 is 2.00 bits per heavy atom. The summed E-state index contributed by atoms with van der Waals surface area (Å²) in [5.74, 6) is -0.0573. The Kier molecular flexibility index (Phi) is 4.54. The lowest BCUT2D eigenvalue weighted by atomic mass is 10.00. The van der Waals surface area contributed by atoms with E-state index in [4.69, 9.17) is 5.73 Å². The van der Waals surface area contributed by atoms with Crippen LogP contribution in [0, 0.1) is 0 Å². The predicted molar refractivity (Wildman–Crippen MR) is 61.0 cm³/mol. The highest BCUT2D eigenvalue weighted by molar-refractivity contribution is 5.80. The first-order chi connectivity index (χ1) is 7.06. The highest BCUT2D eigenvalue weighted by atomic mass is 16.2. The van der Waals surface area contributed by atoms with Gasteiger partial charge in [-0.05, 0) is 33.1 Å². The van der Waals surface area contributed by atoms with Crippen molar-refractivity contribution in [1.29, 1.82) is 0 Å². The van der Waals surface area contributed by atoms with E-state index < -0.39 is 0 Å². The van der Waals surface area contributed by atoms with Gasteiger partial charge in [0.25, 0.3) is 5.91 Å². The van der Waals surface area contributed by atoms with Gasteiger partial charge in [-0.25, -0.2) is 5.01 Å². The molecule has 0 aromatic carbocycles. The second kappa shape index (κ2) is 5.47. The summed E-state index contributed by atoms with van der Waals surface area (Å²) < 4.78 is 0. The molecular weight excluding hydrogens is 190 g/mol. The molecule has 3 atom stereocenters. The minimum atomic E-state index is -0.383. The van der Waals surface area contributed by atoms with Gasteiger partial charge in [0.15, 0.2) is 0 Å². The summed E-state index contributed by atoms with van der Waals surface area (Å²) in [6.07, 6.45) is 4.22. The van der Waals surface area contributed by atoms with E-state index in [9.17, 15) is 4.79 Å². The van der Waals surface area contributed by atoms with Gasteiger partial charge in [-0.1, -0.05) is 13.3 Å². The maximum Gasteiger partial charge on any atom is 0.251 e. The first kappa shape index (κ1) is 12.5. The number of hydrogen-bond donors (Lipinski definition) is 2. The van der Waals surface area contributed by atoms with Crippen LogP contribution in [0.1, 0.15) is 46.5 Å². The Labute approximate surface area is 92.2 Å². The van der Waals surface area contributed by atoms with Gasteiger partial charge in [-0.15, -0.1) is 0 Å². The fourth-order valence-electron chi connectivity index (χ4n) is 2.04. The molecule has 88 valence electrons. The molecule has 1 rings (SSSR count). The molecule has 1 heterocycles. The minimum absolute atomic E-state index is 0.0573. The number of nitrogens with zero attached hydrogens (tertiary/aromatic N) is 1. The molecule has 4 nitrogen and oxygen atoms in total. The van der Waals surface area contributed by atoms with E-state index in [1.165, 1.54) is 6.42 Å². The van der Waals surface area contributed by atoms with Crippen LogP contribution >= 0.6 is 0 Å². The van der Waals surface area contributed by atoms with Gasteiger partial charge < -0.3 is 5.73 Å². The zero-order valence-electron chi connectivity index (χ0n) is 9.99. The molecule has 0 aromatic rings. The third-order valence-corrected chi connectivity index (χ3v) is 3.21. The Hall–Kier alpha value is -0.610. The monoisotopic (exact) mass is 213 g/mol. The summed E-state index contributed by atoms with van der Waals surface area (Å²) in [6.45, 7) is 6.22. The zero-order chi connectivity index (χ0) is 11.4. The molecule has 1 amide bonds. The first-order valence-electron chi connectivity index (χ1n) is 5.90. The Bertz CT molecular complexity index is 210. The molecule has 1 aliphatic heterocycles. The molecule has 0 saturated carbocycles. The number of hydrogen-bond acceptors (Lipinski definition) is 3. The number of nitrogens with two attached hydrogens (primary N) is 1. The number of carbonyl (C=O) groups excluding carboxylic acids is 1. The van der Waals surface area contributed by atoms with Crippen molar-refractivity contribution in [1.82, 2.24) is 10.4 Å². The van der Waals surface area contributed by atoms with Crippen LogP contribution in [-0.4, -0.2) is 29.0 Å². The van der Waals surface area contributed by atoms with E-state index in [1.807, 2.05) is 6.92 Å². The molecule has 0 spiro atoms. The van der Waals surface area contributed by atoms with Crippen LogP contribution in [-0.2, 0) is 4.79 Å². The predicted octanol–water partition coefficient (Wildman–Crippen LogP) is 1.02. The topological polar surface area (TPSA) is 58.4 Å². The van der Waals surface area contributed by atoms with E-state index in [1.54, 1.807) is 0 Å². The van der Waals surface area contributed by atoms with E-state index in [-0.39, 0.29) is 11.9 Å². The van der Waals surface area contributed by atoms with Crippen molar-refractivity contribution in [2.45, 2.75) is 64.6 Å². The third kappa shape index (κ3) is 3.18. The zero-order valence-corrected chi connectivity index (χ0v) is 9.99. The average molecular weight is 213 g/mol. The van der Waals surface area contributed by atoms with Gasteiger partial charge >= 0.3 is 0 Å². The van der Waals surface area contributed by atoms with E-state index in [2.05, 4.69) is 24.3 Å². The van der Waals surface area contributed by atoms with Crippen molar-refractivity contribution in [3.63, 3.8) is 0 Å². The number of rotatable bonds is 3. The first-order valence-corrected chi connectivity index (χ1v) is 5.90. The lowest BCUT2D eigenvalue weighted by Gasteiger charge is -2.39. The number of piperidine rings is 1. The lowest BCUT2D eigenvalue weighted by Crippen LogP contribution is -2.57. The molecular formula is C11H23N3O. The molecule has 2 unspecified atom stereocenters. The Morgan fingerprint density at radius 3 is 2.47 bits per heavy atom. The Balaban J connectivity index is 2.51. The molecule has 1 saturated heterocycles. The molecule has 0 aliphatic carbocycles. The highest BCUT2D eigenvalue weighted by Gasteiger charge is 2.27. The quantitative estimate of drug-likeness (QED) is 0.736. The largest absolute Gasteiger partial charge is 0.320 e. The Morgan fingerprint density at radius 1 is 1.47 bits per heavy atom. The van der Waals surface area contributed by atoms with Gasteiger partial charge in [0.2, 0.25) is 0 Å². The van der Waals surface area contributed by atoms with Gasteiger partial charge in [0, 0.05) is 12.1 Å². The van der Waals surface area contributed by atoms with Crippen LogP contribution in [0.25, 0.3) is 0 Å². The molecule has 1 aliphatic rings. The van der Waals surface area contributed by atoms with Crippen LogP contribution in [0.15, 0.2) is 0 Å². The fourth-order valence-corrected chi connectivity index (χ4v) is 2.04. The molecule has 4 heteroatoms. The van der Waals surface area contributed by atoms with Crippen LogP contribution in [0.2, 0.25) is 0 Å². The SMILES string of the molecule is CC[C@@H](N)C(=O)NN1C(C)CCCC1C. The van der Waals surface area contributed by atoms with Crippen LogP contribution in [0.5, 0.6) is 0 Å². The summed E-state index contributed by atoms with van der Waals surface area (Å²) in [7, 11) is 0.